The minimum Gasteiger partial charge on any atom is -0.400 e. The zero-order chi connectivity index (χ0) is 14.1. The van der Waals surface area contributed by atoms with Gasteiger partial charge in [0.15, 0.2) is 0 Å². The number of anilines is 2. The zero-order valence-electron chi connectivity index (χ0n) is 12.5. The van der Waals surface area contributed by atoms with Crippen molar-refractivity contribution in [2.45, 2.75) is 26.3 Å². The number of para-hydroxylation sites is 1. The molecule has 1 aliphatic heterocycles. The van der Waals surface area contributed by atoms with Gasteiger partial charge in [-0.1, -0.05) is 38.8 Å². The van der Waals surface area contributed by atoms with E-state index in [0.29, 0.717) is 19.4 Å². The molecule has 0 saturated carbocycles. The largest absolute Gasteiger partial charge is 0.400 e. The lowest BCUT2D eigenvalue weighted by Crippen LogP contribution is -2.61. The summed E-state index contributed by atoms with van der Waals surface area (Å²) < 4.78 is 0. The number of rotatable bonds is 2. The van der Waals surface area contributed by atoms with Crippen molar-refractivity contribution in [3.05, 3.63) is 48.7 Å². The Hall–Kier alpha value is -1.77. The number of aromatic nitrogens is 1. The zero-order valence-corrected chi connectivity index (χ0v) is 12.5. The summed E-state index contributed by atoms with van der Waals surface area (Å²) in [6.07, 6.45) is 2.00. The molecule has 1 atom stereocenters. The Balaban J connectivity index is 1.92. The molecule has 0 amide bonds. The molecule has 0 aliphatic carbocycles. The van der Waals surface area contributed by atoms with Crippen LogP contribution in [-0.2, 0) is 0 Å². The minimum atomic E-state index is 0.531. The van der Waals surface area contributed by atoms with E-state index >= 15 is 0 Å². The van der Waals surface area contributed by atoms with Gasteiger partial charge in [-0.25, -0.2) is 0 Å². The minimum absolute atomic E-state index is 0.531. The molecule has 0 bridgehead atoms. The standard InChI is InChI=1S/C15H21B2N3/c1-13-16(2)19(14-8-5-4-6-9-14)12-20(17(13)3)15-10-7-11-18-15/h4-11,13,18H,12H2,1-3H3. The average Bonchev–Trinajstić information content (AvgIpc) is 3.00. The number of nitrogens with zero attached hydrogens (tertiary/aromatic N) is 2. The first kappa shape index (κ1) is 13.2. The van der Waals surface area contributed by atoms with Crippen LogP contribution in [0.3, 0.4) is 0 Å². The Kier molecular flexibility index (Phi) is 3.51. The predicted octanol–water partition coefficient (Wildman–Crippen LogP) is 3.47. The third-order valence-corrected chi connectivity index (χ3v) is 4.79. The van der Waals surface area contributed by atoms with Crippen molar-refractivity contribution in [2.24, 2.45) is 0 Å². The molecule has 1 fully saturated rings. The van der Waals surface area contributed by atoms with Crippen molar-refractivity contribution >= 4 is 25.2 Å². The van der Waals surface area contributed by atoms with Gasteiger partial charge < -0.3 is 14.6 Å². The molecule has 102 valence electrons. The van der Waals surface area contributed by atoms with Crippen molar-refractivity contribution in [3.8, 4) is 0 Å². The monoisotopic (exact) mass is 265 g/mol. The van der Waals surface area contributed by atoms with E-state index in [1.54, 1.807) is 0 Å². The highest BCUT2D eigenvalue weighted by Crippen LogP contribution is 2.31. The van der Waals surface area contributed by atoms with E-state index in [0.717, 1.165) is 6.67 Å². The Bertz CT molecular complexity index is 544. The van der Waals surface area contributed by atoms with Crippen LogP contribution in [0.5, 0.6) is 0 Å². The fourth-order valence-electron chi connectivity index (χ4n) is 3.12. The molecule has 1 aromatic carbocycles. The molecule has 1 saturated heterocycles. The summed E-state index contributed by atoms with van der Waals surface area (Å²) in [5.74, 6) is 1.21. The maximum Gasteiger partial charge on any atom is 0.252 e. The van der Waals surface area contributed by atoms with Gasteiger partial charge in [0.2, 0.25) is 0 Å². The molecule has 5 heteroatoms. The fourth-order valence-corrected chi connectivity index (χ4v) is 3.12. The molecule has 1 aromatic heterocycles. The highest BCUT2D eigenvalue weighted by atomic mass is 15.3. The van der Waals surface area contributed by atoms with Crippen molar-refractivity contribution in [1.82, 2.24) is 4.98 Å². The summed E-state index contributed by atoms with van der Waals surface area (Å²) >= 11 is 0. The first-order chi connectivity index (χ1) is 9.68. The first-order valence-electron chi connectivity index (χ1n) is 7.40. The predicted molar refractivity (Wildman–Crippen MR) is 89.7 cm³/mol. The number of benzene rings is 1. The number of nitrogens with one attached hydrogen (secondary N) is 1. The number of aromatic amines is 1. The van der Waals surface area contributed by atoms with E-state index < -0.39 is 0 Å². The molecule has 3 rings (SSSR count). The number of hydrogen-bond donors (Lipinski definition) is 1. The third kappa shape index (κ3) is 2.21. The molecule has 0 spiro atoms. The Morgan fingerprint density at radius 2 is 1.70 bits per heavy atom. The lowest BCUT2D eigenvalue weighted by Gasteiger charge is -2.47. The van der Waals surface area contributed by atoms with Crippen molar-refractivity contribution in [1.29, 1.82) is 0 Å². The second-order valence-corrected chi connectivity index (χ2v) is 5.81. The van der Waals surface area contributed by atoms with Gasteiger partial charge in [0.1, 0.15) is 0 Å². The van der Waals surface area contributed by atoms with Crippen LogP contribution < -0.4 is 9.62 Å². The number of hydrogen-bond acceptors (Lipinski definition) is 2. The van der Waals surface area contributed by atoms with Crippen LogP contribution in [-0.4, -0.2) is 25.3 Å². The van der Waals surface area contributed by atoms with Crippen LogP contribution >= 0.6 is 0 Å². The quantitative estimate of drug-likeness (QED) is 0.840. The molecule has 2 heterocycles. The summed E-state index contributed by atoms with van der Waals surface area (Å²) in [4.78, 5) is 8.29. The second-order valence-electron chi connectivity index (χ2n) is 5.81. The van der Waals surface area contributed by atoms with Gasteiger partial charge in [-0.05, 0) is 30.0 Å². The summed E-state index contributed by atoms with van der Waals surface area (Å²) in [5, 5.41) is 0. The summed E-state index contributed by atoms with van der Waals surface area (Å²) in [6, 6.07) is 14.9. The maximum atomic E-state index is 3.34. The lowest BCUT2D eigenvalue weighted by molar-refractivity contribution is 0.915. The molecule has 20 heavy (non-hydrogen) atoms. The SMILES string of the molecule is CB1C(C)B(C)N(c2ccc[nH]2)CN1c1ccccc1. The van der Waals surface area contributed by atoms with Gasteiger partial charge in [0.05, 0.1) is 12.5 Å². The molecular formula is C15H21B2N3. The van der Waals surface area contributed by atoms with Crippen LogP contribution in [0, 0.1) is 0 Å². The topological polar surface area (TPSA) is 22.3 Å². The van der Waals surface area contributed by atoms with Crippen molar-refractivity contribution < 1.29 is 0 Å². The van der Waals surface area contributed by atoms with Crippen molar-refractivity contribution in [3.63, 3.8) is 0 Å². The van der Waals surface area contributed by atoms with Gasteiger partial charge in [-0.3, -0.25) is 0 Å². The average molecular weight is 265 g/mol. The first-order valence-corrected chi connectivity index (χ1v) is 7.40. The molecule has 1 aliphatic rings. The third-order valence-electron chi connectivity index (χ3n) is 4.79. The fraction of sp³-hybridized carbons (Fsp3) is 0.333. The van der Waals surface area contributed by atoms with Crippen LogP contribution in [0.1, 0.15) is 6.92 Å². The van der Waals surface area contributed by atoms with E-state index in [1.807, 2.05) is 6.20 Å². The van der Waals surface area contributed by atoms with E-state index in [4.69, 9.17) is 0 Å². The van der Waals surface area contributed by atoms with Crippen LogP contribution in [0.2, 0.25) is 19.4 Å². The molecule has 2 aromatic rings. The normalized spacial score (nSPS) is 19.6. The summed E-state index contributed by atoms with van der Waals surface area (Å²) in [7, 11) is 0. The number of H-pyrrole nitrogens is 1. The summed E-state index contributed by atoms with van der Waals surface area (Å²) in [5.41, 5.74) is 1.91. The van der Waals surface area contributed by atoms with Crippen LogP contribution in [0.15, 0.2) is 48.7 Å². The molecule has 1 unspecified atom stereocenters. The lowest BCUT2D eigenvalue weighted by atomic mass is 9.30. The van der Waals surface area contributed by atoms with Gasteiger partial charge >= 0.3 is 0 Å². The maximum absolute atomic E-state index is 3.34. The Labute approximate surface area is 122 Å². The van der Waals surface area contributed by atoms with E-state index in [9.17, 15) is 0 Å². The Morgan fingerprint density at radius 3 is 2.35 bits per heavy atom. The highest BCUT2D eigenvalue weighted by molar-refractivity contribution is 6.83. The second kappa shape index (κ2) is 5.31. The van der Waals surface area contributed by atoms with E-state index in [-0.39, 0.29) is 0 Å². The van der Waals surface area contributed by atoms with Gasteiger partial charge in [-0.2, -0.15) is 0 Å². The van der Waals surface area contributed by atoms with E-state index in [1.165, 1.54) is 11.5 Å². The molecule has 0 radical (unpaired) electrons. The van der Waals surface area contributed by atoms with E-state index in [2.05, 4.69) is 77.6 Å². The Morgan fingerprint density at radius 1 is 1.00 bits per heavy atom. The van der Waals surface area contributed by atoms with Gasteiger partial charge in [0, 0.05) is 11.9 Å². The van der Waals surface area contributed by atoms with Crippen LogP contribution in [0.25, 0.3) is 0 Å². The van der Waals surface area contributed by atoms with Crippen LogP contribution in [0.4, 0.5) is 11.5 Å². The smallest absolute Gasteiger partial charge is 0.252 e. The molecule has 1 N–H and O–H groups in total. The summed E-state index contributed by atoms with van der Waals surface area (Å²) in [6.45, 7) is 9.00. The van der Waals surface area contributed by atoms with Gasteiger partial charge in [0.25, 0.3) is 13.7 Å². The highest BCUT2D eigenvalue weighted by Gasteiger charge is 2.40. The molecule has 3 nitrogen and oxygen atoms in total. The molecular weight excluding hydrogens is 244 g/mol. The van der Waals surface area contributed by atoms with Gasteiger partial charge in [-0.15, -0.1) is 0 Å². The van der Waals surface area contributed by atoms with Crippen molar-refractivity contribution in [2.75, 3.05) is 16.3 Å².